The first-order valence-electron chi connectivity index (χ1n) is 11.3. The number of nitrogens with zero attached hydrogens (tertiary/aromatic N) is 2. The van der Waals surface area contributed by atoms with Crippen molar-refractivity contribution in [1.82, 2.24) is 9.97 Å². The highest BCUT2D eigenvalue weighted by molar-refractivity contribution is 6.30. The summed E-state index contributed by atoms with van der Waals surface area (Å²) in [6.45, 7) is 8.80. The summed E-state index contributed by atoms with van der Waals surface area (Å²) in [6, 6.07) is 20.4. The lowest BCUT2D eigenvalue weighted by molar-refractivity contribution is 0.539. The van der Waals surface area contributed by atoms with E-state index in [0.717, 1.165) is 50.5 Å². The number of fused-ring (bicyclic) bond motifs is 1. The third-order valence-corrected chi connectivity index (χ3v) is 5.76. The van der Waals surface area contributed by atoms with E-state index in [1.54, 1.807) is 0 Å². The summed E-state index contributed by atoms with van der Waals surface area (Å²) in [5.74, 6) is 7.99. The number of nitrogens with one attached hydrogen (secondary N) is 1. The second-order valence-corrected chi connectivity index (χ2v) is 9.36. The molecule has 0 aliphatic heterocycles. The van der Waals surface area contributed by atoms with Crippen molar-refractivity contribution >= 4 is 28.3 Å². The SMILES string of the molecule is Cc1cc(NC(C)CC(C)C)nc2ccc(C#Cc3ccc(-c4ccc(Cl)cc4)cn3)cc12. The predicted molar refractivity (Wildman–Crippen MR) is 140 cm³/mol. The van der Waals surface area contributed by atoms with E-state index in [9.17, 15) is 0 Å². The van der Waals surface area contributed by atoms with Crippen LogP contribution in [-0.2, 0) is 0 Å². The first kappa shape index (κ1) is 22.8. The number of benzene rings is 2. The molecular weight excluding hydrogens is 426 g/mol. The van der Waals surface area contributed by atoms with Gasteiger partial charge in [-0.05, 0) is 85.7 Å². The fourth-order valence-corrected chi connectivity index (χ4v) is 4.11. The van der Waals surface area contributed by atoms with Crippen LogP contribution < -0.4 is 5.32 Å². The molecule has 2 heterocycles. The maximum atomic E-state index is 5.97. The second-order valence-electron chi connectivity index (χ2n) is 8.92. The highest BCUT2D eigenvalue weighted by Gasteiger charge is 2.08. The van der Waals surface area contributed by atoms with Crippen molar-refractivity contribution in [3.05, 3.63) is 88.7 Å². The molecule has 4 heteroatoms. The first-order valence-corrected chi connectivity index (χ1v) is 11.7. The van der Waals surface area contributed by atoms with Crippen LogP contribution in [0.25, 0.3) is 22.0 Å². The van der Waals surface area contributed by atoms with Crippen LogP contribution in [0.15, 0.2) is 66.9 Å². The molecule has 4 rings (SSSR count). The average molecular weight is 454 g/mol. The van der Waals surface area contributed by atoms with E-state index in [2.05, 4.69) is 62.0 Å². The Bertz CT molecular complexity index is 1310. The zero-order chi connectivity index (χ0) is 23.4. The number of pyridine rings is 2. The van der Waals surface area contributed by atoms with Gasteiger partial charge in [0, 0.05) is 33.8 Å². The van der Waals surface area contributed by atoms with Gasteiger partial charge >= 0.3 is 0 Å². The van der Waals surface area contributed by atoms with Gasteiger partial charge in [0.25, 0.3) is 0 Å². The van der Waals surface area contributed by atoms with Crippen LogP contribution in [0, 0.1) is 24.7 Å². The molecule has 0 spiro atoms. The maximum absolute atomic E-state index is 5.97. The van der Waals surface area contributed by atoms with Crippen molar-refractivity contribution in [1.29, 1.82) is 0 Å². The zero-order valence-corrected chi connectivity index (χ0v) is 20.2. The molecule has 0 aliphatic rings. The highest BCUT2D eigenvalue weighted by atomic mass is 35.5. The molecule has 2 aromatic heterocycles. The maximum Gasteiger partial charge on any atom is 0.127 e. The lowest BCUT2D eigenvalue weighted by Gasteiger charge is -2.17. The quantitative estimate of drug-likeness (QED) is 0.318. The second kappa shape index (κ2) is 10.1. The minimum Gasteiger partial charge on any atom is -0.368 e. The lowest BCUT2D eigenvalue weighted by atomic mass is 10.0. The van der Waals surface area contributed by atoms with Crippen molar-refractivity contribution < 1.29 is 0 Å². The van der Waals surface area contributed by atoms with Crippen molar-refractivity contribution in [2.45, 2.75) is 40.2 Å². The molecule has 0 bridgehead atoms. The van der Waals surface area contributed by atoms with Crippen LogP contribution >= 0.6 is 11.6 Å². The Morgan fingerprint density at radius 2 is 1.67 bits per heavy atom. The Balaban J connectivity index is 1.52. The van der Waals surface area contributed by atoms with E-state index in [0.29, 0.717) is 12.0 Å². The minimum atomic E-state index is 0.387. The van der Waals surface area contributed by atoms with E-state index < -0.39 is 0 Å². The van der Waals surface area contributed by atoms with Crippen LogP contribution in [0.4, 0.5) is 5.82 Å². The molecule has 0 fully saturated rings. The fourth-order valence-electron chi connectivity index (χ4n) is 3.98. The van der Waals surface area contributed by atoms with Crippen LogP contribution in [0.5, 0.6) is 0 Å². The predicted octanol–water partition coefficient (Wildman–Crippen LogP) is 7.50. The van der Waals surface area contributed by atoms with Gasteiger partial charge in [0.2, 0.25) is 0 Å². The van der Waals surface area contributed by atoms with Gasteiger partial charge in [0.15, 0.2) is 0 Å². The zero-order valence-electron chi connectivity index (χ0n) is 19.5. The summed E-state index contributed by atoms with van der Waals surface area (Å²) in [5.41, 5.74) is 5.97. The molecule has 1 N–H and O–H groups in total. The Kier molecular flexibility index (Phi) is 6.96. The van der Waals surface area contributed by atoms with Crippen molar-refractivity contribution in [3.8, 4) is 23.0 Å². The number of halogens is 1. The Labute approximate surface area is 201 Å². The third-order valence-electron chi connectivity index (χ3n) is 5.51. The lowest BCUT2D eigenvalue weighted by Crippen LogP contribution is -2.18. The number of aromatic nitrogens is 2. The van der Waals surface area contributed by atoms with Gasteiger partial charge in [-0.25, -0.2) is 9.97 Å². The van der Waals surface area contributed by atoms with Crippen molar-refractivity contribution in [2.24, 2.45) is 5.92 Å². The molecule has 1 atom stereocenters. The number of anilines is 1. The molecule has 0 saturated carbocycles. The summed E-state index contributed by atoms with van der Waals surface area (Å²) in [4.78, 5) is 9.31. The topological polar surface area (TPSA) is 37.8 Å². The molecule has 0 aliphatic carbocycles. The molecule has 0 amide bonds. The van der Waals surface area contributed by atoms with Crippen LogP contribution in [0.2, 0.25) is 5.02 Å². The number of hydrogen-bond donors (Lipinski definition) is 1. The first-order chi connectivity index (χ1) is 15.9. The van der Waals surface area contributed by atoms with E-state index in [1.165, 1.54) is 5.56 Å². The summed E-state index contributed by atoms with van der Waals surface area (Å²) in [6.07, 6.45) is 2.96. The number of aryl methyl sites for hydroxylation is 1. The monoisotopic (exact) mass is 453 g/mol. The molecule has 1 unspecified atom stereocenters. The van der Waals surface area contributed by atoms with E-state index in [-0.39, 0.29) is 0 Å². The molecule has 0 saturated heterocycles. The summed E-state index contributed by atoms with van der Waals surface area (Å²) >= 11 is 5.97. The normalized spacial score (nSPS) is 11.8. The van der Waals surface area contributed by atoms with Crippen LogP contribution in [-0.4, -0.2) is 16.0 Å². The van der Waals surface area contributed by atoms with Gasteiger partial charge in [0.05, 0.1) is 5.52 Å². The molecule has 2 aromatic carbocycles. The molecule has 0 radical (unpaired) electrons. The minimum absolute atomic E-state index is 0.387. The number of rotatable bonds is 5. The van der Waals surface area contributed by atoms with Crippen LogP contribution in [0.1, 0.15) is 44.0 Å². The third kappa shape index (κ3) is 5.92. The molecular formula is C29H28ClN3. The molecule has 33 heavy (non-hydrogen) atoms. The van der Waals surface area contributed by atoms with Crippen molar-refractivity contribution in [2.75, 3.05) is 5.32 Å². The van der Waals surface area contributed by atoms with E-state index >= 15 is 0 Å². The summed E-state index contributed by atoms with van der Waals surface area (Å²) in [5, 5.41) is 5.38. The van der Waals surface area contributed by atoms with E-state index in [1.807, 2.05) is 54.7 Å². The summed E-state index contributed by atoms with van der Waals surface area (Å²) < 4.78 is 0. The Hall–Kier alpha value is -3.35. The van der Waals surface area contributed by atoms with Crippen molar-refractivity contribution in [3.63, 3.8) is 0 Å². The van der Waals surface area contributed by atoms with Gasteiger partial charge in [-0.3, -0.25) is 0 Å². The molecule has 4 aromatic rings. The highest BCUT2D eigenvalue weighted by Crippen LogP contribution is 2.23. The molecule has 166 valence electrons. The summed E-state index contributed by atoms with van der Waals surface area (Å²) in [7, 11) is 0. The fraction of sp³-hybridized carbons (Fsp3) is 0.241. The smallest absolute Gasteiger partial charge is 0.127 e. The van der Waals surface area contributed by atoms with Gasteiger partial charge in [0.1, 0.15) is 11.5 Å². The number of hydrogen-bond acceptors (Lipinski definition) is 3. The Morgan fingerprint density at radius 1 is 0.909 bits per heavy atom. The van der Waals surface area contributed by atoms with Crippen LogP contribution in [0.3, 0.4) is 0 Å². The largest absolute Gasteiger partial charge is 0.368 e. The van der Waals surface area contributed by atoms with Gasteiger partial charge in [-0.2, -0.15) is 0 Å². The average Bonchev–Trinajstić information content (AvgIpc) is 2.78. The molecule has 3 nitrogen and oxygen atoms in total. The van der Waals surface area contributed by atoms with E-state index in [4.69, 9.17) is 16.6 Å². The Morgan fingerprint density at radius 3 is 2.36 bits per heavy atom. The standard InChI is InChI=1S/C29H28ClN3/c1-19(2)15-21(4)32-29-16-20(3)27-17-22(6-14-28(27)33-29)5-12-26-13-9-24(18-31-26)23-7-10-25(30)11-8-23/h6-11,13-14,16-19,21H,15H2,1-4H3,(H,32,33). The van der Waals surface area contributed by atoms with Gasteiger partial charge in [-0.15, -0.1) is 0 Å². The van der Waals surface area contributed by atoms with Gasteiger partial charge < -0.3 is 5.32 Å². The van der Waals surface area contributed by atoms with Gasteiger partial charge in [-0.1, -0.05) is 49.6 Å².